The molecule has 0 N–H and O–H groups in total. The molecule has 1 spiro atoms. The topological polar surface area (TPSA) is 38.8 Å². The Balaban J connectivity index is 1.91. The Hall–Kier alpha value is -1.10. The van der Waals surface area contributed by atoms with Crippen molar-refractivity contribution in [2.75, 3.05) is 33.0 Å². The molecule has 0 aliphatic carbocycles. The van der Waals surface area contributed by atoms with Gasteiger partial charge < -0.3 is 14.4 Å². The molecule has 0 aromatic heterocycles. The number of carbonyl (C=O) groups is 1. The molecule has 2 aliphatic rings. The van der Waals surface area contributed by atoms with Crippen molar-refractivity contribution < 1.29 is 14.3 Å². The maximum absolute atomic E-state index is 12.7. The lowest BCUT2D eigenvalue weighted by Gasteiger charge is -2.43. The largest absolute Gasteiger partial charge is 0.379 e. The molecule has 0 unspecified atom stereocenters. The SMILES string of the molecule is O=C(c1ccccc1Cl)N1CCOC[C@]12CCOC2. The number of carbonyl (C=O) groups excluding carboxylic acids is 1. The van der Waals surface area contributed by atoms with Gasteiger partial charge in [0.2, 0.25) is 0 Å². The van der Waals surface area contributed by atoms with Crippen molar-refractivity contribution in [3.63, 3.8) is 0 Å². The summed E-state index contributed by atoms with van der Waals surface area (Å²) in [7, 11) is 0. The zero-order valence-corrected chi connectivity index (χ0v) is 11.4. The summed E-state index contributed by atoms with van der Waals surface area (Å²) in [5.74, 6) is -0.0283. The van der Waals surface area contributed by atoms with E-state index >= 15 is 0 Å². The summed E-state index contributed by atoms with van der Waals surface area (Å²) >= 11 is 6.12. The number of ether oxygens (including phenoxy) is 2. The van der Waals surface area contributed by atoms with Crippen molar-refractivity contribution in [3.05, 3.63) is 34.9 Å². The van der Waals surface area contributed by atoms with E-state index in [2.05, 4.69) is 0 Å². The Morgan fingerprint density at radius 2 is 1.95 bits per heavy atom. The van der Waals surface area contributed by atoms with Gasteiger partial charge in [0.1, 0.15) is 0 Å². The Morgan fingerprint density at radius 3 is 2.68 bits per heavy atom. The number of nitrogens with zero attached hydrogens (tertiary/aromatic N) is 1. The van der Waals surface area contributed by atoms with Crippen LogP contribution in [-0.4, -0.2) is 49.3 Å². The van der Waals surface area contributed by atoms with Crippen LogP contribution >= 0.6 is 11.6 Å². The molecule has 2 saturated heterocycles. The molecule has 0 bridgehead atoms. The molecule has 1 atom stereocenters. The first-order valence-electron chi connectivity index (χ1n) is 6.45. The van der Waals surface area contributed by atoms with Crippen molar-refractivity contribution in [2.24, 2.45) is 0 Å². The number of rotatable bonds is 1. The smallest absolute Gasteiger partial charge is 0.256 e. The van der Waals surface area contributed by atoms with Gasteiger partial charge in [-0.15, -0.1) is 0 Å². The van der Waals surface area contributed by atoms with Crippen molar-refractivity contribution in [3.8, 4) is 0 Å². The van der Waals surface area contributed by atoms with Crippen LogP contribution in [0.4, 0.5) is 0 Å². The van der Waals surface area contributed by atoms with E-state index in [0.717, 1.165) is 6.42 Å². The highest BCUT2D eigenvalue weighted by Crippen LogP contribution is 2.31. The van der Waals surface area contributed by atoms with Gasteiger partial charge in [-0.25, -0.2) is 0 Å². The van der Waals surface area contributed by atoms with Crippen molar-refractivity contribution >= 4 is 17.5 Å². The molecule has 5 heteroatoms. The first-order chi connectivity index (χ1) is 9.23. The maximum atomic E-state index is 12.7. The van der Waals surface area contributed by atoms with Crippen LogP contribution in [0.15, 0.2) is 24.3 Å². The molecule has 102 valence electrons. The van der Waals surface area contributed by atoms with E-state index < -0.39 is 0 Å². The molecule has 1 amide bonds. The average Bonchev–Trinajstić information content (AvgIpc) is 2.88. The molecule has 3 rings (SSSR count). The van der Waals surface area contributed by atoms with E-state index in [1.807, 2.05) is 17.0 Å². The second kappa shape index (κ2) is 5.12. The predicted octanol–water partition coefficient (Wildman–Crippen LogP) is 1.97. The molecular weight excluding hydrogens is 266 g/mol. The number of hydrogen-bond acceptors (Lipinski definition) is 3. The molecule has 19 heavy (non-hydrogen) atoms. The minimum absolute atomic E-state index is 0.0283. The Bertz CT molecular complexity index is 485. The van der Waals surface area contributed by atoms with Crippen LogP contribution in [0.25, 0.3) is 0 Å². The van der Waals surface area contributed by atoms with Crippen LogP contribution in [0.3, 0.4) is 0 Å². The number of morpholine rings is 1. The number of halogens is 1. The Morgan fingerprint density at radius 1 is 1.21 bits per heavy atom. The summed E-state index contributed by atoms with van der Waals surface area (Å²) in [6.45, 7) is 2.92. The van der Waals surface area contributed by atoms with E-state index in [4.69, 9.17) is 21.1 Å². The second-order valence-corrected chi connectivity index (χ2v) is 5.42. The number of benzene rings is 1. The predicted molar refractivity (Wildman–Crippen MR) is 71.5 cm³/mol. The van der Waals surface area contributed by atoms with Gasteiger partial charge in [0, 0.05) is 13.2 Å². The van der Waals surface area contributed by atoms with Crippen LogP contribution in [-0.2, 0) is 9.47 Å². The summed E-state index contributed by atoms with van der Waals surface area (Å²) in [5.41, 5.74) is 0.242. The van der Waals surface area contributed by atoms with Gasteiger partial charge >= 0.3 is 0 Å². The molecular formula is C14H16ClNO3. The minimum atomic E-state index is -0.311. The number of hydrogen-bond donors (Lipinski definition) is 0. The van der Waals surface area contributed by atoms with Gasteiger partial charge in [-0.1, -0.05) is 23.7 Å². The lowest BCUT2D eigenvalue weighted by molar-refractivity contribution is -0.0550. The highest BCUT2D eigenvalue weighted by Gasteiger charge is 2.45. The molecule has 2 aliphatic heterocycles. The molecule has 0 radical (unpaired) electrons. The third-order valence-corrected chi connectivity index (χ3v) is 4.16. The van der Waals surface area contributed by atoms with E-state index in [-0.39, 0.29) is 11.4 Å². The van der Waals surface area contributed by atoms with Gasteiger partial charge in [0.25, 0.3) is 5.91 Å². The van der Waals surface area contributed by atoms with Gasteiger partial charge in [0.15, 0.2) is 0 Å². The highest BCUT2D eigenvalue weighted by molar-refractivity contribution is 6.33. The summed E-state index contributed by atoms with van der Waals surface area (Å²) < 4.78 is 11.0. The minimum Gasteiger partial charge on any atom is -0.379 e. The van der Waals surface area contributed by atoms with Gasteiger partial charge in [0.05, 0.1) is 35.9 Å². The number of amides is 1. The molecule has 2 fully saturated rings. The van der Waals surface area contributed by atoms with Crippen LogP contribution < -0.4 is 0 Å². The van der Waals surface area contributed by atoms with Crippen molar-refractivity contribution in [2.45, 2.75) is 12.0 Å². The summed E-state index contributed by atoms with van der Waals surface area (Å²) in [6, 6.07) is 7.17. The standard InChI is InChI=1S/C14H16ClNO3/c15-12-4-2-1-3-11(12)13(17)16-6-8-19-10-14(16)5-7-18-9-14/h1-4H,5-10H2/t14-/m1/s1. The second-order valence-electron chi connectivity index (χ2n) is 5.02. The van der Waals surface area contributed by atoms with Crippen LogP contribution in [0, 0.1) is 0 Å². The molecule has 4 nitrogen and oxygen atoms in total. The first-order valence-corrected chi connectivity index (χ1v) is 6.83. The first kappa shape index (κ1) is 12.9. The zero-order chi connectivity index (χ0) is 13.3. The average molecular weight is 282 g/mol. The van der Waals surface area contributed by atoms with Gasteiger partial charge in [-0.3, -0.25) is 4.79 Å². The molecule has 1 aromatic rings. The van der Waals surface area contributed by atoms with Crippen LogP contribution in [0.1, 0.15) is 16.8 Å². The van der Waals surface area contributed by atoms with E-state index in [1.54, 1.807) is 12.1 Å². The Labute approximate surface area is 117 Å². The summed E-state index contributed by atoms with van der Waals surface area (Å²) in [6.07, 6.45) is 0.823. The van der Waals surface area contributed by atoms with Crippen molar-refractivity contribution in [1.82, 2.24) is 4.90 Å². The fourth-order valence-corrected chi connectivity index (χ4v) is 2.97. The normalized spacial score (nSPS) is 26.9. The van der Waals surface area contributed by atoms with Gasteiger partial charge in [-0.2, -0.15) is 0 Å². The third-order valence-electron chi connectivity index (χ3n) is 3.83. The zero-order valence-electron chi connectivity index (χ0n) is 10.6. The molecule has 1 aromatic carbocycles. The fraction of sp³-hybridized carbons (Fsp3) is 0.500. The quantitative estimate of drug-likeness (QED) is 0.790. The third kappa shape index (κ3) is 2.24. The van der Waals surface area contributed by atoms with Crippen LogP contribution in [0.5, 0.6) is 0 Å². The fourth-order valence-electron chi connectivity index (χ4n) is 2.75. The van der Waals surface area contributed by atoms with Crippen molar-refractivity contribution in [1.29, 1.82) is 0 Å². The maximum Gasteiger partial charge on any atom is 0.256 e. The monoisotopic (exact) mass is 281 g/mol. The summed E-state index contributed by atoms with van der Waals surface area (Å²) in [5, 5.41) is 0.494. The van der Waals surface area contributed by atoms with Crippen LogP contribution in [0.2, 0.25) is 5.02 Å². The lowest BCUT2D eigenvalue weighted by Crippen LogP contribution is -2.59. The highest BCUT2D eigenvalue weighted by atomic mass is 35.5. The van der Waals surface area contributed by atoms with E-state index in [0.29, 0.717) is 43.6 Å². The Kier molecular flexibility index (Phi) is 3.48. The van der Waals surface area contributed by atoms with E-state index in [9.17, 15) is 4.79 Å². The molecule has 2 heterocycles. The van der Waals surface area contributed by atoms with Gasteiger partial charge in [-0.05, 0) is 18.6 Å². The lowest BCUT2D eigenvalue weighted by atomic mass is 9.94. The molecule has 0 saturated carbocycles. The summed E-state index contributed by atoms with van der Waals surface area (Å²) in [4.78, 5) is 14.6. The van der Waals surface area contributed by atoms with E-state index in [1.165, 1.54) is 0 Å².